The Bertz CT molecular complexity index is 575. The fourth-order valence-corrected chi connectivity index (χ4v) is 1.77. The highest BCUT2D eigenvalue weighted by atomic mass is 16.4. The van der Waals surface area contributed by atoms with Crippen LogP contribution in [0, 0.1) is 0 Å². The topological polar surface area (TPSA) is 121 Å². The number of unbranched alkanes of at least 4 members (excludes halogenated alkanes) is 1. The number of hydrogen-bond acceptors (Lipinski definition) is 5. The Morgan fingerprint density at radius 3 is 2.63 bits per heavy atom. The average Bonchev–Trinajstić information content (AvgIpc) is 2.27. The van der Waals surface area contributed by atoms with Crippen molar-refractivity contribution < 1.29 is 9.90 Å². The normalized spacial score (nSPS) is 10.4. The lowest BCUT2D eigenvalue weighted by Gasteiger charge is -2.19. The number of H-pyrrole nitrogens is 1. The highest BCUT2D eigenvalue weighted by molar-refractivity contribution is 5.75. The van der Waals surface area contributed by atoms with Crippen molar-refractivity contribution in [3.63, 3.8) is 0 Å². The third-order valence-corrected chi connectivity index (χ3v) is 2.70. The van der Waals surface area contributed by atoms with Crippen LogP contribution in [0.2, 0.25) is 0 Å². The molecule has 8 nitrogen and oxygen atoms in total. The standard InChI is InChI=1S/C11H18N4O4/c1-3-4-5-15-9(12)8(10(18)13-11(15)19)14(2)6-7(16)17/h3-6,12H2,1-2H3,(H,16,17)(H,13,18,19). The van der Waals surface area contributed by atoms with E-state index < -0.39 is 17.2 Å². The number of aromatic amines is 1. The summed E-state index contributed by atoms with van der Waals surface area (Å²) < 4.78 is 1.25. The van der Waals surface area contributed by atoms with Gasteiger partial charge in [0.1, 0.15) is 18.1 Å². The average molecular weight is 270 g/mol. The molecule has 0 spiro atoms. The summed E-state index contributed by atoms with van der Waals surface area (Å²) in [5, 5.41) is 8.73. The molecular formula is C11H18N4O4. The Hall–Kier alpha value is -2.25. The second-order valence-corrected chi connectivity index (χ2v) is 4.25. The van der Waals surface area contributed by atoms with Crippen LogP contribution >= 0.6 is 0 Å². The number of aromatic nitrogens is 2. The predicted molar refractivity (Wildman–Crippen MR) is 71.5 cm³/mol. The monoisotopic (exact) mass is 270 g/mol. The number of rotatable bonds is 6. The van der Waals surface area contributed by atoms with Gasteiger partial charge in [0.15, 0.2) is 0 Å². The van der Waals surface area contributed by atoms with Crippen molar-refractivity contribution in [1.82, 2.24) is 9.55 Å². The van der Waals surface area contributed by atoms with Crippen LogP contribution in [0.25, 0.3) is 0 Å². The summed E-state index contributed by atoms with van der Waals surface area (Å²) in [6.07, 6.45) is 1.60. The molecule has 0 amide bonds. The first kappa shape index (κ1) is 14.8. The molecule has 0 aromatic carbocycles. The molecule has 1 rings (SSSR count). The van der Waals surface area contributed by atoms with Gasteiger partial charge >= 0.3 is 11.7 Å². The number of nitrogen functional groups attached to an aromatic ring is 1. The van der Waals surface area contributed by atoms with E-state index in [-0.39, 0.29) is 18.1 Å². The number of nitrogens with zero attached hydrogens (tertiary/aromatic N) is 2. The summed E-state index contributed by atoms with van der Waals surface area (Å²) in [5.41, 5.74) is 4.55. The summed E-state index contributed by atoms with van der Waals surface area (Å²) in [6.45, 7) is 1.97. The first-order valence-corrected chi connectivity index (χ1v) is 5.94. The smallest absolute Gasteiger partial charge is 0.330 e. The van der Waals surface area contributed by atoms with Gasteiger partial charge in [0.2, 0.25) is 0 Å². The van der Waals surface area contributed by atoms with Crippen molar-refractivity contribution >= 4 is 17.5 Å². The molecule has 0 atom stereocenters. The molecule has 0 aliphatic carbocycles. The molecular weight excluding hydrogens is 252 g/mol. The second-order valence-electron chi connectivity index (χ2n) is 4.25. The minimum absolute atomic E-state index is 0.00176. The van der Waals surface area contributed by atoms with E-state index >= 15 is 0 Å². The minimum Gasteiger partial charge on any atom is -0.480 e. The Morgan fingerprint density at radius 2 is 2.11 bits per heavy atom. The summed E-state index contributed by atoms with van der Waals surface area (Å²) in [5.74, 6) is -1.10. The van der Waals surface area contributed by atoms with Gasteiger partial charge in [-0.3, -0.25) is 19.1 Å². The van der Waals surface area contributed by atoms with Gasteiger partial charge in [-0.25, -0.2) is 4.79 Å². The van der Waals surface area contributed by atoms with Gasteiger partial charge in [-0.05, 0) is 6.42 Å². The molecule has 0 aliphatic heterocycles. The van der Waals surface area contributed by atoms with Crippen molar-refractivity contribution in [2.45, 2.75) is 26.3 Å². The van der Waals surface area contributed by atoms with Gasteiger partial charge in [-0.15, -0.1) is 0 Å². The fourth-order valence-electron chi connectivity index (χ4n) is 1.77. The van der Waals surface area contributed by atoms with Crippen LogP contribution in [-0.4, -0.2) is 34.2 Å². The molecule has 0 saturated heterocycles. The van der Waals surface area contributed by atoms with Gasteiger partial charge in [-0.2, -0.15) is 0 Å². The molecule has 0 radical (unpaired) electrons. The molecule has 0 fully saturated rings. The number of nitrogens with two attached hydrogens (primary N) is 1. The first-order valence-electron chi connectivity index (χ1n) is 5.94. The molecule has 1 heterocycles. The lowest BCUT2D eigenvalue weighted by Crippen LogP contribution is -2.38. The third kappa shape index (κ3) is 3.36. The molecule has 19 heavy (non-hydrogen) atoms. The minimum atomic E-state index is -1.09. The van der Waals surface area contributed by atoms with E-state index in [9.17, 15) is 14.4 Å². The lowest BCUT2D eigenvalue weighted by molar-refractivity contribution is -0.135. The van der Waals surface area contributed by atoms with Crippen molar-refractivity contribution in [1.29, 1.82) is 0 Å². The zero-order chi connectivity index (χ0) is 14.6. The van der Waals surface area contributed by atoms with Crippen LogP contribution in [0.5, 0.6) is 0 Å². The van der Waals surface area contributed by atoms with Crippen LogP contribution in [0.4, 0.5) is 11.5 Å². The van der Waals surface area contributed by atoms with Gasteiger partial charge in [0.25, 0.3) is 5.56 Å². The van der Waals surface area contributed by atoms with E-state index in [2.05, 4.69) is 4.98 Å². The Kier molecular flexibility index (Phi) is 4.74. The number of aliphatic carboxylic acids is 1. The second kappa shape index (κ2) is 6.07. The number of carboxylic acids is 1. The van der Waals surface area contributed by atoms with E-state index in [0.717, 1.165) is 12.8 Å². The van der Waals surface area contributed by atoms with Crippen LogP contribution in [-0.2, 0) is 11.3 Å². The summed E-state index contributed by atoms with van der Waals surface area (Å²) in [7, 11) is 1.43. The molecule has 0 bridgehead atoms. The number of anilines is 2. The van der Waals surface area contributed by atoms with Gasteiger partial charge in [-0.1, -0.05) is 13.3 Å². The zero-order valence-corrected chi connectivity index (χ0v) is 11.0. The summed E-state index contributed by atoms with van der Waals surface area (Å²) in [4.78, 5) is 37.4. The number of hydrogen-bond donors (Lipinski definition) is 3. The quantitative estimate of drug-likeness (QED) is 0.637. The van der Waals surface area contributed by atoms with Crippen LogP contribution in [0.1, 0.15) is 19.8 Å². The Morgan fingerprint density at radius 1 is 1.47 bits per heavy atom. The Balaban J connectivity index is 3.28. The van der Waals surface area contributed by atoms with E-state index in [0.29, 0.717) is 6.54 Å². The molecule has 4 N–H and O–H groups in total. The van der Waals surface area contributed by atoms with Crippen molar-refractivity contribution in [3.05, 3.63) is 20.8 Å². The van der Waals surface area contributed by atoms with Gasteiger partial charge in [0, 0.05) is 13.6 Å². The highest BCUT2D eigenvalue weighted by Crippen LogP contribution is 2.14. The van der Waals surface area contributed by atoms with E-state index in [1.54, 1.807) is 0 Å². The third-order valence-electron chi connectivity index (χ3n) is 2.70. The summed E-state index contributed by atoms with van der Waals surface area (Å²) >= 11 is 0. The molecule has 1 aromatic rings. The zero-order valence-electron chi connectivity index (χ0n) is 11.0. The predicted octanol–water partition coefficient (Wildman–Crippen LogP) is -0.560. The largest absolute Gasteiger partial charge is 0.480 e. The van der Waals surface area contributed by atoms with Crippen LogP contribution in [0.15, 0.2) is 9.59 Å². The molecule has 8 heteroatoms. The molecule has 0 saturated carbocycles. The van der Waals surface area contributed by atoms with Crippen LogP contribution in [0.3, 0.4) is 0 Å². The fraction of sp³-hybridized carbons (Fsp3) is 0.545. The number of carbonyl (C=O) groups is 1. The van der Waals surface area contributed by atoms with Crippen molar-refractivity contribution in [3.8, 4) is 0 Å². The maximum atomic E-state index is 11.7. The number of carboxylic acid groups (broad SMARTS) is 1. The first-order chi connectivity index (χ1) is 8.88. The lowest BCUT2D eigenvalue weighted by atomic mass is 10.3. The highest BCUT2D eigenvalue weighted by Gasteiger charge is 2.17. The van der Waals surface area contributed by atoms with E-state index in [4.69, 9.17) is 10.8 Å². The molecule has 106 valence electrons. The van der Waals surface area contributed by atoms with E-state index in [1.807, 2.05) is 6.92 Å². The Labute approximate surface area is 109 Å². The number of likely N-dealkylation sites (N-methyl/N-ethyl adjacent to an activating group) is 1. The maximum absolute atomic E-state index is 11.7. The number of nitrogens with one attached hydrogen (secondary N) is 1. The summed E-state index contributed by atoms with van der Waals surface area (Å²) in [6, 6.07) is 0. The molecule has 1 aromatic heterocycles. The SMILES string of the molecule is CCCCn1c(N)c(N(C)CC(=O)O)c(=O)[nH]c1=O. The van der Waals surface area contributed by atoms with Crippen molar-refractivity contribution in [2.75, 3.05) is 24.2 Å². The van der Waals surface area contributed by atoms with E-state index in [1.165, 1.54) is 16.5 Å². The maximum Gasteiger partial charge on any atom is 0.330 e. The molecule has 0 unspecified atom stereocenters. The van der Waals surface area contributed by atoms with Gasteiger partial charge in [0.05, 0.1) is 0 Å². The van der Waals surface area contributed by atoms with Crippen molar-refractivity contribution in [2.24, 2.45) is 0 Å². The van der Waals surface area contributed by atoms with Crippen LogP contribution < -0.4 is 21.9 Å². The molecule has 0 aliphatic rings. The van der Waals surface area contributed by atoms with Gasteiger partial charge < -0.3 is 15.7 Å².